The SMILES string of the molecule is C[C@@H](NCc1ccsc1)c1ccc(Br)cc1. The molecular formula is C13H14BrNS. The Hall–Kier alpha value is -0.640. The van der Waals surface area contributed by atoms with E-state index in [1.807, 2.05) is 0 Å². The van der Waals surface area contributed by atoms with Crippen molar-refractivity contribution in [3.8, 4) is 0 Å². The van der Waals surface area contributed by atoms with E-state index in [0.29, 0.717) is 6.04 Å². The van der Waals surface area contributed by atoms with Gasteiger partial charge in [0.05, 0.1) is 0 Å². The number of benzene rings is 1. The smallest absolute Gasteiger partial charge is 0.0294 e. The van der Waals surface area contributed by atoms with Crippen LogP contribution in [0.15, 0.2) is 45.6 Å². The van der Waals surface area contributed by atoms with Crippen molar-refractivity contribution in [2.45, 2.75) is 19.5 Å². The van der Waals surface area contributed by atoms with Crippen LogP contribution in [-0.2, 0) is 6.54 Å². The number of hydrogen-bond donors (Lipinski definition) is 1. The van der Waals surface area contributed by atoms with E-state index in [0.717, 1.165) is 11.0 Å². The molecule has 0 spiro atoms. The van der Waals surface area contributed by atoms with Gasteiger partial charge in [0.15, 0.2) is 0 Å². The standard InChI is InChI=1S/C13H14BrNS/c1-10(12-2-4-13(14)5-3-12)15-8-11-6-7-16-9-11/h2-7,9-10,15H,8H2,1H3/t10-/m1/s1. The predicted octanol–water partition coefficient (Wildman–Crippen LogP) is 4.36. The zero-order valence-electron chi connectivity index (χ0n) is 9.11. The third kappa shape index (κ3) is 3.17. The zero-order valence-corrected chi connectivity index (χ0v) is 11.5. The molecule has 1 atom stereocenters. The van der Waals surface area contributed by atoms with Gasteiger partial charge in [-0.3, -0.25) is 0 Å². The number of halogens is 1. The molecule has 0 amide bonds. The van der Waals surface area contributed by atoms with Crippen LogP contribution in [0.5, 0.6) is 0 Å². The second-order valence-corrected chi connectivity index (χ2v) is 5.48. The molecule has 1 heterocycles. The normalized spacial score (nSPS) is 12.6. The minimum Gasteiger partial charge on any atom is -0.306 e. The molecule has 1 aromatic heterocycles. The fraction of sp³-hybridized carbons (Fsp3) is 0.231. The molecule has 0 fully saturated rings. The van der Waals surface area contributed by atoms with Gasteiger partial charge in [-0.05, 0) is 47.0 Å². The molecule has 0 aliphatic rings. The minimum atomic E-state index is 0.382. The second-order valence-electron chi connectivity index (χ2n) is 3.79. The van der Waals surface area contributed by atoms with Crippen LogP contribution in [0.3, 0.4) is 0 Å². The molecule has 84 valence electrons. The molecule has 0 radical (unpaired) electrons. The van der Waals surface area contributed by atoms with Crippen molar-refractivity contribution in [1.29, 1.82) is 0 Å². The van der Waals surface area contributed by atoms with Crippen LogP contribution >= 0.6 is 27.3 Å². The maximum absolute atomic E-state index is 3.51. The molecule has 1 N–H and O–H groups in total. The quantitative estimate of drug-likeness (QED) is 0.884. The van der Waals surface area contributed by atoms with E-state index < -0.39 is 0 Å². The summed E-state index contributed by atoms with van der Waals surface area (Å²) in [6, 6.07) is 11.0. The predicted molar refractivity (Wildman–Crippen MR) is 73.7 cm³/mol. The van der Waals surface area contributed by atoms with Crippen LogP contribution in [0, 0.1) is 0 Å². The summed E-state index contributed by atoms with van der Waals surface area (Å²) in [6.45, 7) is 3.12. The summed E-state index contributed by atoms with van der Waals surface area (Å²) in [5, 5.41) is 7.81. The van der Waals surface area contributed by atoms with Crippen molar-refractivity contribution in [3.05, 3.63) is 56.7 Å². The van der Waals surface area contributed by atoms with E-state index in [-0.39, 0.29) is 0 Å². The van der Waals surface area contributed by atoms with E-state index in [9.17, 15) is 0 Å². The monoisotopic (exact) mass is 295 g/mol. The van der Waals surface area contributed by atoms with Crippen LogP contribution < -0.4 is 5.32 Å². The lowest BCUT2D eigenvalue weighted by Crippen LogP contribution is -2.17. The Morgan fingerprint density at radius 3 is 2.62 bits per heavy atom. The molecule has 0 aliphatic heterocycles. The molecule has 2 aromatic rings. The maximum atomic E-state index is 3.51. The van der Waals surface area contributed by atoms with Crippen LogP contribution in [0.2, 0.25) is 0 Å². The molecule has 1 aromatic carbocycles. The average molecular weight is 296 g/mol. The van der Waals surface area contributed by atoms with Gasteiger partial charge in [0.1, 0.15) is 0 Å². The first kappa shape index (κ1) is 11.8. The van der Waals surface area contributed by atoms with Gasteiger partial charge in [0, 0.05) is 17.1 Å². The van der Waals surface area contributed by atoms with Crippen molar-refractivity contribution in [1.82, 2.24) is 5.32 Å². The summed E-state index contributed by atoms with van der Waals surface area (Å²) in [5.74, 6) is 0. The summed E-state index contributed by atoms with van der Waals surface area (Å²) < 4.78 is 1.13. The Morgan fingerprint density at radius 2 is 2.00 bits per heavy atom. The topological polar surface area (TPSA) is 12.0 Å². The summed E-state index contributed by atoms with van der Waals surface area (Å²) in [6.07, 6.45) is 0. The Kier molecular flexibility index (Phi) is 4.16. The maximum Gasteiger partial charge on any atom is 0.0294 e. The highest BCUT2D eigenvalue weighted by Crippen LogP contribution is 2.17. The average Bonchev–Trinajstić information content (AvgIpc) is 2.80. The summed E-state index contributed by atoms with van der Waals surface area (Å²) >= 11 is 5.19. The van der Waals surface area contributed by atoms with E-state index in [2.05, 4.69) is 69.3 Å². The van der Waals surface area contributed by atoms with Gasteiger partial charge in [-0.1, -0.05) is 28.1 Å². The van der Waals surface area contributed by atoms with Crippen LogP contribution in [0.4, 0.5) is 0 Å². The molecule has 0 aliphatic carbocycles. The molecule has 0 saturated carbocycles. The van der Waals surface area contributed by atoms with Gasteiger partial charge in [-0.15, -0.1) is 0 Å². The van der Waals surface area contributed by atoms with Crippen LogP contribution in [0.1, 0.15) is 24.1 Å². The summed E-state index contributed by atoms with van der Waals surface area (Å²) in [7, 11) is 0. The van der Waals surface area contributed by atoms with Crippen molar-refractivity contribution in [2.24, 2.45) is 0 Å². The van der Waals surface area contributed by atoms with Crippen molar-refractivity contribution < 1.29 is 0 Å². The van der Waals surface area contributed by atoms with Gasteiger partial charge >= 0.3 is 0 Å². The van der Waals surface area contributed by atoms with E-state index >= 15 is 0 Å². The first-order chi connectivity index (χ1) is 7.75. The fourth-order valence-corrected chi connectivity index (χ4v) is 2.47. The van der Waals surface area contributed by atoms with E-state index in [1.54, 1.807) is 11.3 Å². The lowest BCUT2D eigenvalue weighted by atomic mass is 10.1. The Morgan fingerprint density at radius 1 is 1.25 bits per heavy atom. The first-order valence-electron chi connectivity index (χ1n) is 5.25. The molecule has 16 heavy (non-hydrogen) atoms. The molecule has 3 heteroatoms. The first-order valence-corrected chi connectivity index (χ1v) is 6.99. The second kappa shape index (κ2) is 5.62. The largest absolute Gasteiger partial charge is 0.306 e. The lowest BCUT2D eigenvalue weighted by Gasteiger charge is -2.13. The highest BCUT2D eigenvalue weighted by molar-refractivity contribution is 9.10. The van der Waals surface area contributed by atoms with Crippen LogP contribution in [0.25, 0.3) is 0 Å². The van der Waals surface area contributed by atoms with Crippen molar-refractivity contribution in [2.75, 3.05) is 0 Å². The Bertz CT molecular complexity index is 422. The zero-order chi connectivity index (χ0) is 11.4. The van der Waals surface area contributed by atoms with Gasteiger partial charge in [-0.2, -0.15) is 11.3 Å². The minimum absolute atomic E-state index is 0.382. The van der Waals surface area contributed by atoms with Crippen LogP contribution in [-0.4, -0.2) is 0 Å². The van der Waals surface area contributed by atoms with Gasteiger partial charge in [0.25, 0.3) is 0 Å². The van der Waals surface area contributed by atoms with Gasteiger partial charge in [0.2, 0.25) is 0 Å². The summed E-state index contributed by atoms with van der Waals surface area (Å²) in [4.78, 5) is 0. The van der Waals surface area contributed by atoms with Crippen molar-refractivity contribution >= 4 is 27.3 Å². The highest BCUT2D eigenvalue weighted by atomic mass is 79.9. The number of rotatable bonds is 4. The highest BCUT2D eigenvalue weighted by Gasteiger charge is 2.04. The molecule has 0 saturated heterocycles. The number of hydrogen-bond acceptors (Lipinski definition) is 2. The Labute approximate surface area is 109 Å². The fourth-order valence-electron chi connectivity index (χ4n) is 1.53. The lowest BCUT2D eigenvalue weighted by molar-refractivity contribution is 0.575. The number of thiophene rings is 1. The molecule has 0 bridgehead atoms. The van der Waals surface area contributed by atoms with E-state index in [4.69, 9.17) is 0 Å². The molecule has 0 unspecified atom stereocenters. The van der Waals surface area contributed by atoms with Gasteiger partial charge in [-0.25, -0.2) is 0 Å². The molecular weight excluding hydrogens is 282 g/mol. The number of nitrogens with one attached hydrogen (secondary N) is 1. The molecule has 2 rings (SSSR count). The summed E-state index contributed by atoms with van der Waals surface area (Å²) in [5.41, 5.74) is 2.67. The third-order valence-corrected chi connectivity index (χ3v) is 3.82. The van der Waals surface area contributed by atoms with Gasteiger partial charge < -0.3 is 5.32 Å². The van der Waals surface area contributed by atoms with Crippen molar-refractivity contribution in [3.63, 3.8) is 0 Å². The Balaban J connectivity index is 1.93. The van der Waals surface area contributed by atoms with E-state index in [1.165, 1.54) is 11.1 Å². The third-order valence-electron chi connectivity index (χ3n) is 2.56. The molecule has 1 nitrogen and oxygen atoms in total.